The third-order valence-electron chi connectivity index (χ3n) is 5.25. The van der Waals surface area contributed by atoms with Crippen LogP contribution < -0.4 is 19.9 Å². The first-order valence-corrected chi connectivity index (χ1v) is 11.9. The molecule has 3 aromatic carbocycles. The van der Waals surface area contributed by atoms with Crippen molar-refractivity contribution in [3.63, 3.8) is 0 Å². The Labute approximate surface area is 196 Å². The molecule has 9 nitrogen and oxygen atoms in total. The third-order valence-corrected chi connectivity index (χ3v) is 7.15. The van der Waals surface area contributed by atoms with E-state index in [-0.39, 0.29) is 28.6 Å². The van der Waals surface area contributed by atoms with Crippen molar-refractivity contribution in [3.8, 4) is 5.75 Å². The normalized spacial score (nSPS) is 11.2. The van der Waals surface area contributed by atoms with Gasteiger partial charge in [-0.05, 0) is 43.3 Å². The van der Waals surface area contributed by atoms with Gasteiger partial charge in [-0.2, -0.15) is 5.10 Å². The number of hydrogen-bond acceptors (Lipinski definition) is 6. The Kier molecular flexibility index (Phi) is 6.33. The van der Waals surface area contributed by atoms with Crippen molar-refractivity contribution < 1.29 is 17.9 Å². The molecule has 4 aromatic rings. The molecular formula is C24H22N4O5S. The molecule has 174 valence electrons. The van der Waals surface area contributed by atoms with Crippen LogP contribution in [-0.4, -0.2) is 38.2 Å². The minimum Gasteiger partial charge on any atom is -0.495 e. The third kappa shape index (κ3) is 4.23. The number of H-pyrrole nitrogens is 1. The summed E-state index contributed by atoms with van der Waals surface area (Å²) in [5.74, 6) is -0.362. The van der Waals surface area contributed by atoms with Crippen molar-refractivity contribution in [3.05, 3.63) is 88.8 Å². The van der Waals surface area contributed by atoms with Crippen LogP contribution in [0.4, 0.5) is 11.4 Å². The molecule has 34 heavy (non-hydrogen) atoms. The van der Waals surface area contributed by atoms with Crippen molar-refractivity contribution in [1.82, 2.24) is 10.2 Å². The van der Waals surface area contributed by atoms with Crippen molar-refractivity contribution in [2.45, 2.75) is 11.8 Å². The molecule has 0 atom stereocenters. The van der Waals surface area contributed by atoms with Crippen LogP contribution in [0.15, 0.2) is 82.5 Å². The number of methoxy groups -OCH3 is 1. The van der Waals surface area contributed by atoms with Crippen LogP contribution in [0.25, 0.3) is 10.8 Å². The van der Waals surface area contributed by atoms with Gasteiger partial charge in [-0.1, -0.05) is 36.4 Å². The lowest BCUT2D eigenvalue weighted by molar-refractivity contribution is 0.102. The largest absolute Gasteiger partial charge is 0.495 e. The van der Waals surface area contributed by atoms with Gasteiger partial charge in [0, 0.05) is 11.9 Å². The van der Waals surface area contributed by atoms with Gasteiger partial charge in [0.05, 0.1) is 28.8 Å². The number of carbonyl (C=O) groups is 1. The smallest absolute Gasteiger partial charge is 0.276 e. The number of anilines is 2. The molecule has 0 aliphatic rings. The highest BCUT2D eigenvalue weighted by molar-refractivity contribution is 7.92. The number of amides is 1. The highest BCUT2D eigenvalue weighted by atomic mass is 32.2. The molecule has 1 heterocycles. The number of carbonyl (C=O) groups excluding carboxylic acids is 1. The number of fused-ring (bicyclic) bond motifs is 1. The topological polar surface area (TPSA) is 121 Å². The van der Waals surface area contributed by atoms with Gasteiger partial charge in [0.1, 0.15) is 5.75 Å². The van der Waals surface area contributed by atoms with Gasteiger partial charge in [-0.25, -0.2) is 13.5 Å². The number of ether oxygens (including phenoxy) is 1. The molecule has 0 fully saturated rings. The Hall–Kier alpha value is -4.18. The first-order valence-electron chi connectivity index (χ1n) is 10.4. The summed E-state index contributed by atoms with van der Waals surface area (Å²) in [7, 11) is -2.52. The molecule has 0 saturated carbocycles. The van der Waals surface area contributed by atoms with Crippen LogP contribution in [0.3, 0.4) is 0 Å². The average Bonchev–Trinajstić information content (AvgIpc) is 2.85. The molecule has 10 heteroatoms. The maximum absolute atomic E-state index is 13.4. The van der Waals surface area contributed by atoms with E-state index in [1.807, 2.05) is 0 Å². The Bertz CT molecular complexity index is 1520. The lowest BCUT2D eigenvalue weighted by atomic mass is 10.1. The SMILES string of the molecule is CCN(c1ccccc1)S(=O)(=O)c1ccc(OC)c(NC(=O)c2n[nH]c(=O)c3ccccc23)c1. The van der Waals surface area contributed by atoms with E-state index in [0.29, 0.717) is 16.5 Å². The zero-order valence-corrected chi connectivity index (χ0v) is 19.3. The number of aromatic amines is 1. The Morgan fingerprint density at radius 2 is 1.71 bits per heavy atom. The maximum Gasteiger partial charge on any atom is 0.276 e. The Morgan fingerprint density at radius 1 is 1.03 bits per heavy atom. The highest BCUT2D eigenvalue weighted by Gasteiger charge is 2.25. The fraction of sp³-hybridized carbons (Fsp3) is 0.125. The van der Waals surface area contributed by atoms with Crippen molar-refractivity contribution in [1.29, 1.82) is 0 Å². The summed E-state index contributed by atoms with van der Waals surface area (Å²) >= 11 is 0. The lowest BCUT2D eigenvalue weighted by Crippen LogP contribution is -2.30. The van der Waals surface area contributed by atoms with E-state index in [1.165, 1.54) is 29.6 Å². The standard InChI is InChI=1S/C24H22N4O5S/c1-3-28(16-9-5-4-6-10-16)34(31,32)17-13-14-21(33-2)20(15-17)25-24(30)22-18-11-7-8-12-19(18)23(29)27-26-22/h4-15H,3H2,1-2H3,(H,25,30)(H,27,29). The Morgan fingerprint density at radius 3 is 2.38 bits per heavy atom. The van der Waals surface area contributed by atoms with Gasteiger partial charge in [-0.15, -0.1) is 0 Å². The molecule has 0 saturated heterocycles. The number of hydrogen-bond donors (Lipinski definition) is 2. The molecule has 2 N–H and O–H groups in total. The predicted octanol–water partition coefficient (Wildman–Crippen LogP) is 3.40. The number of nitrogens with one attached hydrogen (secondary N) is 2. The molecule has 0 aliphatic carbocycles. The van der Waals surface area contributed by atoms with E-state index in [2.05, 4.69) is 15.5 Å². The number of para-hydroxylation sites is 1. The first kappa shape index (κ1) is 23.0. The van der Waals surface area contributed by atoms with Crippen LogP contribution in [0.5, 0.6) is 5.75 Å². The lowest BCUT2D eigenvalue weighted by Gasteiger charge is -2.23. The summed E-state index contributed by atoms with van der Waals surface area (Å²) in [4.78, 5) is 25.1. The van der Waals surface area contributed by atoms with E-state index >= 15 is 0 Å². The maximum atomic E-state index is 13.4. The van der Waals surface area contributed by atoms with Crippen LogP contribution in [0, 0.1) is 0 Å². The molecule has 0 radical (unpaired) electrons. The zero-order valence-electron chi connectivity index (χ0n) is 18.5. The van der Waals surface area contributed by atoms with E-state index < -0.39 is 21.5 Å². The summed E-state index contributed by atoms with van der Waals surface area (Å²) in [6.07, 6.45) is 0. The predicted molar refractivity (Wildman–Crippen MR) is 130 cm³/mol. The van der Waals surface area contributed by atoms with E-state index in [1.54, 1.807) is 61.5 Å². The quantitative estimate of drug-likeness (QED) is 0.420. The van der Waals surface area contributed by atoms with Gasteiger partial charge in [0.2, 0.25) is 0 Å². The number of nitrogens with zero attached hydrogens (tertiary/aromatic N) is 2. The summed E-state index contributed by atoms with van der Waals surface area (Å²) in [6.45, 7) is 1.96. The molecule has 1 aromatic heterocycles. The first-order chi connectivity index (χ1) is 16.4. The minimum atomic E-state index is -3.93. The van der Waals surface area contributed by atoms with Crippen molar-refractivity contribution in [2.75, 3.05) is 23.3 Å². The van der Waals surface area contributed by atoms with E-state index in [4.69, 9.17) is 4.74 Å². The van der Waals surface area contributed by atoms with Gasteiger partial charge >= 0.3 is 0 Å². The molecule has 0 spiro atoms. The van der Waals surface area contributed by atoms with Gasteiger partial charge in [0.15, 0.2) is 5.69 Å². The number of rotatable bonds is 7. The fourth-order valence-corrected chi connectivity index (χ4v) is 5.13. The molecule has 4 rings (SSSR count). The minimum absolute atomic E-state index is 0.00927. The average molecular weight is 479 g/mol. The van der Waals surface area contributed by atoms with Crippen molar-refractivity contribution in [2.24, 2.45) is 0 Å². The van der Waals surface area contributed by atoms with Gasteiger partial charge in [0.25, 0.3) is 21.5 Å². The van der Waals surface area contributed by atoms with Crippen LogP contribution in [-0.2, 0) is 10.0 Å². The number of aromatic nitrogens is 2. The second-order valence-corrected chi connectivity index (χ2v) is 9.13. The van der Waals surface area contributed by atoms with E-state index in [9.17, 15) is 18.0 Å². The molecule has 1 amide bonds. The number of benzene rings is 3. The van der Waals surface area contributed by atoms with Gasteiger partial charge < -0.3 is 10.1 Å². The summed E-state index contributed by atoms with van der Waals surface area (Å²) < 4.78 is 33.4. The van der Waals surface area contributed by atoms with Gasteiger partial charge in [-0.3, -0.25) is 13.9 Å². The molecular weight excluding hydrogens is 456 g/mol. The molecule has 0 aliphatic heterocycles. The van der Waals surface area contributed by atoms with E-state index in [0.717, 1.165) is 0 Å². The second-order valence-electron chi connectivity index (χ2n) is 7.27. The monoisotopic (exact) mass is 478 g/mol. The highest BCUT2D eigenvalue weighted by Crippen LogP contribution is 2.31. The number of sulfonamides is 1. The summed E-state index contributed by atoms with van der Waals surface area (Å²) in [6, 6.07) is 19.5. The zero-order chi connectivity index (χ0) is 24.3. The van der Waals surface area contributed by atoms with Crippen LogP contribution in [0.2, 0.25) is 0 Å². The van der Waals surface area contributed by atoms with Crippen LogP contribution in [0.1, 0.15) is 17.4 Å². The summed E-state index contributed by atoms with van der Waals surface area (Å²) in [5.41, 5.74) is 0.244. The molecule has 0 unspecified atom stereocenters. The van der Waals surface area contributed by atoms with Crippen LogP contribution >= 0.6 is 0 Å². The second kappa shape index (κ2) is 9.36. The summed E-state index contributed by atoms with van der Waals surface area (Å²) in [5, 5.41) is 9.56. The molecule has 0 bridgehead atoms. The Balaban J connectivity index is 1.74. The fourth-order valence-electron chi connectivity index (χ4n) is 3.63. The van der Waals surface area contributed by atoms with Crippen molar-refractivity contribution >= 4 is 38.1 Å².